The number of aromatic hydroxyl groups is 1. The maximum Gasteiger partial charge on any atom is 0.133 e. The molecule has 2 aromatic rings. The lowest BCUT2D eigenvalue weighted by Gasteiger charge is -2.05. The van der Waals surface area contributed by atoms with Gasteiger partial charge in [0.05, 0.1) is 5.56 Å². The summed E-state index contributed by atoms with van der Waals surface area (Å²) in [6, 6.07) is 15.4. The van der Waals surface area contributed by atoms with Gasteiger partial charge >= 0.3 is 0 Å². The minimum Gasteiger partial charge on any atom is -0.507 e. The molecule has 0 aliphatic rings. The first-order chi connectivity index (χ1) is 8.74. The van der Waals surface area contributed by atoms with Crippen LogP contribution in [0.1, 0.15) is 24.5 Å². The number of hydrogen-bond donors (Lipinski definition) is 1. The van der Waals surface area contributed by atoms with E-state index in [1.54, 1.807) is 12.1 Å². The van der Waals surface area contributed by atoms with Crippen LogP contribution in [0.5, 0.6) is 5.75 Å². The van der Waals surface area contributed by atoms with Gasteiger partial charge in [0.15, 0.2) is 0 Å². The van der Waals surface area contributed by atoms with Crippen LogP contribution in [-0.4, -0.2) is 5.11 Å². The van der Waals surface area contributed by atoms with Gasteiger partial charge in [-0.2, -0.15) is 5.26 Å². The Balaban J connectivity index is 2.34. The number of benzene rings is 2. The predicted molar refractivity (Wildman–Crippen MR) is 72.3 cm³/mol. The van der Waals surface area contributed by atoms with Gasteiger partial charge in [-0.1, -0.05) is 43.7 Å². The summed E-state index contributed by atoms with van der Waals surface area (Å²) in [5.41, 5.74) is 3.64. The number of aryl methyl sites for hydroxylation is 1. The Hall–Kier alpha value is -2.27. The Kier molecular flexibility index (Phi) is 3.64. The maximum absolute atomic E-state index is 9.47. The lowest BCUT2D eigenvalue weighted by molar-refractivity contribution is 0.473. The van der Waals surface area contributed by atoms with Gasteiger partial charge < -0.3 is 5.11 Å². The summed E-state index contributed by atoms with van der Waals surface area (Å²) in [7, 11) is 0. The van der Waals surface area contributed by atoms with Crippen molar-refractivity contribution in [3.63, 3.8) is 0 Å². The Labute approximate surface area is 107 Å². The second-order valence-corrected chi connectivity index (χ2v) is 4.29. The van der Waals surface area contributed by atoms with Gasteiger partial charge in [-0.05, 0) is 35.2 Å². The fourth-order valence-electron chi connectivity index (χ4n) is 1.96. The molecule has 18 heavy (non-hydrogen) atoms. The fraction of sp³-hybridized carbons (Fsp3) is 0.188. The SMILES string of the molecule is CCCc1ccc(-c2ccc(O)c(C#N)c2)cc1. The molecule has 90 valence electrons. The third-order valence-corrected chi connectivity index (χ3v) is 2.94. The Bertz CT molecular complexity index is 579. The van der Waals surface area contributed by atoms with Crippen LogP contribution in [0.25, 0.3) is 11.1 Å². The molecule has 0 fully saturated rings. The summed E-state index contributed by atoms with van der Waals surface area (Å²) in [6.45, 7) is 2.16. The average Bonchev–Trinajstić information content (AvgIpc) is 2.41. The molecule has 0 radical (unpaired) electrons. The highest BCUT2D eigenvalue weighted by atomic mass is 16.3. The van der Waals surface area contributed by atoms with E-state index in [4.69, 9.17) is 5.26 Å². The minimum absolute atomic E-state index is 0.0313. The van der Waals surface area contributed by atoms with Crippen LogP contribution >= 0.6 is 0 Å². The molecule has 0 saturated heterocycles. The first-order valence-corrected chi connectivity index (χ1v) is 6.07. The molecular weight excluding hydrogens is 222 g/mol. The van der Waals surface area contributed by atoms with Crippen LogP contribution in [0.4, 0.5) is 0 Å². The Morgan fingerprint density at radius 3 is 2.33 bits per heavy atom. The lowest BCUT2D eigenvalue weighted by Crippen LogP contribution is -1.85. The minimum atomic E-state index is 0.0313. The van der Waals surface area contributed by atoms with E-state index in [1.165, 1.54) is 5.56 Å². The number of nitrogens with zero attached hydrogens (tertiary/aromatic N) is 1. The van der Waals surface area contributed by atoms with E-state index in [0.29, 0.717) is 5.56 Å². The third-order valence-electron chi connectivity index (χ3n) is 2.94. The van der Waals surface area contributed by atoms with Gasteiger partial charge in [0, 0.05) is 0 Å². The van der Waals surface area contributed by atoms with Crippen LogP contribution in [0.2, 0.25) is 0 Å². The number of hydrogen-bond acceptors (Lipinski definition) is 2. The molecule has 0 unspecified atom stereocenters. The second-order valence-electron chi connectivity index (χ2n) is 4.29. The van der Waals surface area contributed by atoms with Gasteiger partial charge in [0.2, 0.25) is 0 Å². The number of phenolic OH excluding ortho intramolecular Hbond substituents is 1. The van der Waals surface area contributed by atoms with Crippen molar-refractivity contribution in [1.82, 2.24) is 0 Å². The van der Waals surface area contributed by atoms with E-state index in [1.807, 2.05) is 12.1 Å². The van der Waals surface area contributed by atoms with E-state index in [2.05, 4.69) is 31.2 Å². The normalized spacial score (nSPS) is 10.0. The zero-order chi connectivity index (χ0) is 13.0. The van der Waals surface area contributed by atoms with Crippen LogP contribution in [0.3, 0.4) is 0 Å². The second kappa shape index (κ2) is 5.37. The number of nitriles is 1. The van der Waals surface area contributed by atoms with Gasteiger partial charge in [-0.15, -0.1) is 0 Å². The highest BCUT2D eigenvalue weighted by molar-refractivity contribution is 5.67. The monoisotopic (exact) mass is 237 g/mol. The molecule has 0 aliphatic carbocycles. The number of rotatable bonds is 3. The quantitative estimate of drug-likeness (QED) is 0.880. The Morgan fingerprint density at radius 2 is 1.72 bits per heavy atom. The predicted octanol–water partition coefficient (Wildman–Crippen LogP) is 3.88. The van der Waals surface area contributed by atoms with E-state index >= 15 is 0 Å². The molecule has 0 spiro atoms. The number of phenols is 1. The Morgan fingerprint density at radius 1 is 1.06 bits per heavy atom. The molecular formula is C16H15NO. The van der Waals surface area contributed by atoms with Crippen molar-refractivity contribution in [1.29, 1.82) is 5.26 Å². The molecule has 1 N–H and O–H groups in total. The van der Waals surface area contributed by atoms with Crippen molar-refractivity contribution < 1.29 is 5.11 Å². The molecule has 0 aliphatic heterocycles. The first kappa shape index (κ1) is 12.2. The van der Waals surface area contributed by atoms with Crippen LogP contribution < -0.4 is 0 Å². The molecule has 0 heterocycles. The molecule has 0 atom stereocenters. The van der Waals surface area contributed by atoms with Gasteiger partial charge in [-0.25, -0.2) is 0 Å². The van der Waals surface area contributed by atoms with Crippen molar-refractivity contribution >= 4 is 0 Å². The van der Waals surface area contributed by atoms with Crippen molar-refractivity contribution in [2.24, 2.45) is 0 Å². The molecule has 0 aromatic heterocycles. The topological polar surface area (TPSA) is 44.0 Å². The third kappa shape index (κ3) is 2.52. The molecule has 2 nitrogen and oxygen atoms in total. The van der Waals surface area contributed by atoms with Crippen molar-refractivity contribution in [3.8, 4) is 22.9 Å². The van der Waals surface area contributed by atoms with Crippen molar-refractivity contribution in [3.05, 3.63) is 53.6 Å². The molecule has 2 heteroatoms. The van der Waals surface area contributed by atoms with E-state index in [9.17, 15) is 5.11 Å². The van der Waals surface area contributed by atoms with E-state index < -0.39 is 0 Å². The van der Waals surface area contributed by atoms with Gasteiger partial charge in [0.1, 0.15) is 11.8 Å². The molecule has 0 bridgehead atoms. The zero-order valence-electron chi connectivity index (χ0n) is 10.4. The molecule has 2 rings (SSSR count). The highest BCUT2D eigenvalue weighted by Crippen LogP contribution is 2.25. The lowest BCUT2D eigenvalue weighted by atomic mass is 10.0. The van der Waals surface area contributed by atoms with E-state index in [-0.39, 0.29) is 5.75 Å². The molecule has 0 saturated carbocycles. The summed E-state index contributed by atoms with van der Waals surface area (Å²) in [5.74, 6) is 0.0313. The average molecular weight is 237 g/mol. The van der Waals surface area contributed by atoms with Crippen LogP contribution in [-0.2, 0) is 6.42 Å². The standard InChI is InChI=1S/C16H15NO/c1-2-3-12-4-6-13(7-5-12)14-8-9-16(18)15(10-14)11-17/h4-10,18H,2-3H2,1H3. The summed E-state index contributed by atoms with van der Waals surface area (Å²) in [5, 5.41) is 18.4. The molecule has 0 amide bonds. The fourth-order valence-corrected chi connectivity index (χ4v) is 1.96. The summed E-state index contributed by atoms with van der Waals surface area (Å²) in [4.78, 5) is 0. The van der Waals surface area contributed by atoms with Gasteiger partial charge in [-0.3, -0.25) is 0 Å². The summed E-state index contributed by atoms with van der Waals surface area (Å²) >= 11 is 0. The zero-order valence-corrected chi connectivity index (χ0v) is 10.4. The van der Waals surface area contributed by atoms with Crippen LogP contribution in [0, 0.1) is 11.3 Å². The maximum atomic E-state index is 9.47. The van der Waals surface area contributed by atoms with Gasteiger partial charge in [0.25, 0.3) is 0 Å². The highest BCUT2D eigenvalue weighted by Gasteiger charge is 2.03. The first-order valence-electron chi connectivity index (χ1n) is 6.07. The summed E-state index contributed by atoms with van der Waals surface area (Å²) in [6.07, 6.45) is 2.22. The van der Waals surface area contributed by atoms with E-state index in [0.717, 1.165) is 24.0 Å². The van der Waals surface area contributed by atoms with Crippen molar-refractivity contribution in [2.45, 2.75) is 19.8 Å². The smallest absolute Gasteiger partial charge is 0.133 e. The molecule has 2 aromatic carbocycles. The van der Waals surface area contributed by atoms with Crippen molar-refractivity contribution in [2.75, 3.05) is 0 Å². The van der Waals surface area contributed by atoms with Crippen LogP contribution in [0.15, 0.2) is 42.5 Å². The summed E-state index contributed by atoms with van der Waals surface area (Å²) < 4.78 is 0. The largest absolute Gasteiger partial charge is 0.507 e.